The Hall–Kier alpha value is -3.07. The predicted molar refractivity (Wildman–Crippen MR) is 114 cm³/mol. The molecule has 1 atom stereocenters. The number of carbonyl (C=O) groups excluding carboxylic acids is 2. The van der Waals surface area contributed by atoms with Crippen molar-refractivity contribution >= 4 is 27.6 Å². The lowest BCUT2D eigenvalue weighted by atomic mass is 9.97. The molecule has 1 amide bonds. The number of ether oxygens (including phenoxy) is 2. The molecule has 2 aromatic rings. The van der Waals surface area contributed by atoms with Gasteiger partial charge in [0.15, 0.2) is 0 Å². The Kier molecular flexibility index (Phi) is 5.86. The summed E-state index contributed by atoms with van der Waals surface area (Å²) in [6, 6.07) is 10.3. The van der Waals surface area contributed by atoms with Crippen molar-refractivity contribution in [1.29, 1.82) is 0 Å². The van der Waals surface area contributed by atoms with Gasteiger partial charge in [-0.25, -0.2) is 13.2 Å². The van der Waals surface area contributed by atoms with Crippen LogP contribution < -0.4 is 9.46 Å². The largest absolute Gasteiger partial charge is 0.493 e. The molecule has 0 aromatic heterocycles. The van der Waals surface area contributed by atoms with Gasteiger partial charge in [0.1, 0.15) is 5.75 Å². The number of rotatable bonds is 4. The molecular weight excluding hydrogens is 420 g/mol. The highest BCUT2D eigenvalue weighted by Crippen LogP contribution is 2.31. The van der Waals surface area contributed by atoms with Gasteiger partial charge in [0.25, 0.3) is 15.9 Å². The Labute approximate surface area is 181 Å². The lowest BCUT2D eigenvalue weighted by Crippen LogP contribution is -2.45. The van der Waals surface area contributed by atoms with Crippen LogP contribution in [0.1, 0.15) is 46.4 Å². The number of amides is 1. The van der Waals surface area contributed by atoms with E-state index in [4.69, 9.17) is 4.74 Å². The average molecular weight is 445 g/mol. The van der Waals surface area contributed by atoms with Gasteiger partial charge in [0.2, 0.25) is 0 Å². The minimum Gasteiger partial charge on any atom is -0.493 e. The van der Waals surface area contributed by atoms with Crippen LogP contribution in [0.2, 0.25) is 0 Å². The van der Waals surface area contributed by atoms with Gasteiger partial charge >= 0.3 is 5.97 Å². The molecular formula is C22H24N2O6S. The van der Waals surface area contributed by atoms with E-state index in [0.29, 0.717) is 24.5 Å². The number of hydrogen-bond acceptors (Lipinski definition) is 6. The van der Waals surface area contributed by atoms with Crippen molar-refractivity contribution in [3.63, 3.8) is 0 Å². The maximum atomic E-state index is 13.2. The third kappa shape index (κ3) is 4.36. The van der Waals surface area contributed by atoms with E-state index in [1.54, 1.807) is 12.1 Å². The van der Waals surface area contributed by atoms with Crippen LogP contribution in [0.25, 0.3) is 0 Å². The van der Waals surface area contributed by atoms with E-state index >= 15 is 0 Å². The van der Waals surface area contributed by atoms with E-state index in [1.165, 1.54) is 37.4 Å². The second-order valence-electron chi connectivity index (χ2n) is 7.62. The number of sulfonamides is 1. The molecule has 31 heavy (non-hydrogen) atoms. The Balaban J connectivity index is 1.59. The molecule has 164 valence electrons. The van der Waals surface area contributed by atoms with Crippen LogP contribution in [-0.2, 0) is 14.8 Å². The van der Waals surface area contributed by atoms with Crippen molar-refractivity contribution in [1.82, 2.24) is 4.90 Å². The zero-order valence-electron chi connectivity index (χ0n) is 17.2. The topological polar surface area (TPSA) is 102 Å². The number of hydrogen-bond donors (Lipinski definition) is 1. The minimum atomic E-state index is -3.91. The first-order valence-corrected chi connectivity index (χ1v) is 11.7. The van der Waals surface area contributed by atoms with Crippen molar-refractivity contribution in [3.8, 4) is 5.75 Å². The van der Waals surface area contributed by atoms with E-state index in [-0.39, 0.29) is 28.1 Å². The molecule has 1 saturated heterocycles. The number of carbonyl (C=O) groups is 2. The van der Waals surface area contributed by atoms with Gasteiger partial charge in [-0.15, -0.1) is 0 Å². The van der Waals surface area contributed by atoms with Gasteiger partial charge in [-0.05, 0) is 61.7 Å². The average Bonchev–Trinajstić information content (AvgIpc) is 2.78. The first kappa shape index (κ1) is 21.2. The molecule has 2 aliphatic heterocycles. The molecule has 1 fully saturated rings. The van der Waals surface area contributed by atoms with Gasteiger partial charge in [-0.2, -0.15) is 0 Å². The summed E-state index contributed by atoms with van der Waals surface area (Å²) in [5.74, 6) is -0.226. The highest BCUT2D eigenvalue weighted by Gasteiger charge is 2.31. The monoisotopic (exact) mass is 444 g/mol. The van der Waals surface area contributed by atoms with Crippen molar-refractivity contribution in [2.24, 2.45) is 0 Å². The van der Waals surface area contributed by atoms with E-state index < -0.39 is 16.0 Å². The van der Waals surface area contributed by atoms with Gasteiger partial charge in [-0.3, -0.25) is 9.52 Å². The van der Waals surface area contributed by atoms with Gasteiger partial charge in [-0.1, -0.05) is 0 Å². The standard InChI is InChI=1S/C22H24N2O6S/c1-29-22(26)15-5-8-18(9-6-15)31(27,28)23-16-7-10-20-19(14-16)21(25)24-12-3-2-4-17(24)11-13-30-20/h5-10,14,17,23H,2-4,11-13H2,1H3. The number of benzene rings is 2. The Bertz CT molecular complexity index is 1100. The molecule has 2 aliphatic rings. The first-order valence-electron chi connectivity index (χ1n) is 10.2. The maximum Gasteiger partial charge on any atom is 0.337 e. The Morgan fingerprint density at radius 2 is 1.90 bits per heavy atom. The first-order chi connectivity index (χ1) is 14.9. The molecule has 8 nitrogen and oxygen atoms in total. The number of fused-ring (bicyclic) bond motifs is 2. The molecule has 0 aliphatic carbocycles. The molecule has 0 radical (unpaired) electrons. The van der Waals surface area contributed by atoms with Gasteiger partial charge in [0.05, 0.1) is 29.7 Å². The third-order valence-electron chi connectivity index (χ3n) is 5.64. The van der Waals surface area contributed by atoms with Gasteiger partial charge < -0.3 is 14.4 Å². The fraction of sp³-hybridized carbons (Fsp3) is 0.364. The highest BCUT2D eigenvalue weighted by molar-refractivity contribution is 7.92. The maximum absolute atomic E-state index is 13.2. The zero-order chi connectivity index (χ0) is 22.0. The molecule has 0 spiro atoms. The molecule has 2 aromatic carbocycles. The zero-order valence-corrected chi connectivity index (χ0v) is 18.0. The van der Waals surface area contributed by atoms with Crippen molar-refractivity contribution < 1.29 is 27.5 Å². The quantitative estimate of drug-likeness (QED) is 0.728. The van der Waals surface area contributed by atoms with Crippen LogP contribution in [-0.4, -0.2) is 51.5 Å². The van der Waals surface area contributed by atoms with Crippen LogP contribution in [0.3, 0.4) is 0 Å². The lowest BCUT2D eigenvalue weighted by Gasteiger charge is -2.37. The van der Waals surface area contributed by atoms with E-state index in [2.05, 4.69) is 9.46 Å². The van der Waals surface area contributed by atoms with Crippen molar-refractivity contribution in [3.05, 3.63) is 53.6 Å². The molecule has 0 saturated carbocycles. The molecule has 4 rings (SSSR count). The van der Waals surface area contributed by atoms with Crippen LogP contribution >= 0.6 is 0 Å². The normalized spacial score (nSPS) is 18.7. The van der Waals surface area contributed by atoms with Crippen molar-refractivity contribution in [2.45, 2.75) is 36.6 Å². The van der Waals surface area contributed by atoms with Crippen LogP contribution in [0.4, 0.5) is 5.69 Å². The minimum absolute atomic E-state index is 0.00873. The fourth-order valence-electron chi connectivity index (χ4n) is 4.02. The van der Waals surface area contributed by atoms with E-state index in [0.717, 1.165) is 25.7 Å². The fourth-order valence-corrected chi connectivity index (χ4v) is 5.07. The van der Waals surface area contributed by atoms with Crippen molar-refractivity contribution in [2.75, 3.05) is 25.0 Å². The number of anilines is 1. The summed E-state index contributed by atoms with van der Waals surface area (Å²) in [7, 11) is -2.66. The molecule has 9 heteroatoms. The SMILES string of the molecule is COC(=O)c1ccc(S(=O)(=O)Nc2ccc3c(c2)C(=O)N2CCCCC2CCO3)cc1. The summed E-state index contributed by atoms with van der Waals surface area (Å²) in [6.07, 6.45) is 3.81. The smallest absolute Gasteiger partial charge is 0.337 e. The van der Waals surface area contributed by atoms with E-state index in [9.17, 15) is 18.0 Å². The molecule has 1 N–H and O–H groups in total. The second-order valence-corrected chi connectivity index (χ2v) is 9.30. The summed E-state index contributed by atoms with van der Waals surface area (Å²) in [5, 5.41) is 0. The van der Waals surface area contributed by atoms with Crippen LogP contribution in [0.5, 0.6) is 5.75 Å². The van der Waals surface area contributed by atoms with E-state index in [1.807, 2.05) is 4.90 Å². The lowest BCUT2D eigenvalue weighted by molar-refractivity contribution is 0.0547. The van der Waals surface area contributed by atoms with Crippen LogP contribution in [0, 0.1) is 0 Å². The summed E-state index contributed by atoms with van der Waals surface area (Å²) < 4.78 is 38.5. The molecule has 0 bridgehead atoms. The highest BCUT2D eigenvalue weighted by atomic mass is 32.2. The second kappa shape index (κ2) is 8.58. The predicted octanol–water partition coefficient (Wildman–Crippen LogP) is 3.05. The number of piperidine rings is 1. The number of methoxy groups -OCH3 is 1. The summed E-state index contributed by atoms with van der Waals surface area (Å²) in [6.45, 7) is 1.21. The third-order valence-corrected chi connectivity index (χ3v) is 7.04. The van der Waals surface area contributed by atoms with Crippen LogP contribution in [0.15, 0.2) is 47.4 Å². The summed E-state index contributed by atoms with van der Waals surface area (Å²) >= 11 is 0. The summed E-state index contributed by atoms with van der Waals surface area (Å²) in [4.78, 5) is 26.6. The molecule has 1 unspecified atom stereocenters. The summed E-state index contributed by atoms with van der Waals surface area (Å²) in [5.41, 5.74) is 0.871. The van der Waals surface area contributed by atoms with Gasteiger partial charge in [0, 0.05) is 24.7 Å². The Morgan fingerprint density at radius 1 is 1.13 bits per heavy atom. The Morgan fingerprint density at radius 3 is 2.65 bits per heavy atom. The number of nitrogens with zero attached hydrogens (tertiary/aromatic N) is 1. The molecule has 2 heterocycles. The number of nitrogens with one attached hydrogen (secondary N) is 1. The number of esters is 1.